The number of amides is 2. The van der Waals surface area contributed by atoms with Crippen molar-refractivity contribution in [1.82, 2.24) is 8.87 Å². The van der Waals surface area contributed by atoms with E-state index in [0.29, 0.717) is 16.5 Å². The summed E-state index contributed by atoms with van der Waals surface area (Å²) >= 11 is 0. The summed E-state index contributed by atoms with van der Waals surface area (Å²) in [6, 6.07) is 12.2. The number of esters is 1. The molecule has 0 saturated heterocycles. The highest BCUT2D eigenvalue weighted by atomic mass is 32.2. The van der Waals surface area contributed by atoms with Gasteiger partial charge in [-0.3, -0.25) is 19.3 Å². The minimum absolute atomic E-state index is 0.139. The van der Waals surface area contributed by atoms with E-state index in [2.05, 4.69) is 0 Å². The molecule has 9 heteroatoms. The van der Waals surface area contributed by atoms with Gasteiger partial charge in [0.25, 0.3) is 11.8 Å². The predicted octanol–water partition coefficient (Wildman–Crippen LogP) is 2.74. The Morgan fingerprint density at radius 1 is 1.00 bits per heavy atom. The fourth-order valence-electron chi connectivity index (χ4n) is 3.88. The van der Waals surface area contributed by atoms with Gasteiger partial charge in [0.2, 0.25) is 10.0 Å². The highest BCUT2D eigenvalue weighted by molar-refractivity contribution is 7.90. The molecule has 1 unspecified atom stereocenters. The Morgan fingerprint density at radius 2 is 1.58 bits per heavy atom. The van der Waals surface area contributed by atoms with Crippen molar-refractivity contribution in [2.45, 2.75) is 19.4 Å². The molecule has 0 N–H and O–H groups in total. The van der Waals surface area contributed by atoms with Crippen LogP contribution in [0.3, 0.4) is 0 Å². The van der Waals surface area contributed by atoms with E-state index in [4.69, 9.17) is 4.74 Å². The largest absolute Gasteiger partial charge is 0.469 e. The van der Waals surface area contributed by atoms with Gasteiger partial charge in [-0.15, -0.1) is 0 Å². The van der Waals surface area contributed by atoms with Crippen LogP contribution in [0.4, 0.5) is 0 Å². The highest BCUT2D eigenvalue weighted by Gasteiger charge is 2.42. The molecular weight excluding hydrogens is 420 g/mol. The molecule has 8 nitrogen and oxygen atoms in total. The predicted molar refractivity (Wildman–Crippen MR) is 113 cm³/mol. The summed E-state index contributed by atoms with van der Waals surface area (Å²) < 4.78 is 31.3. The van der Waals surface area contributed by atoms with E-state index >= 15 is 0 Å². The van der Waals surface area contributed by atoms with Crippen molar-refractivity contribution in [3.8, 4) is 0 Å². The molecule has 0 radical (unpaired) electrons. The summed E-state index contributed by atoms with van der Waals surface area (Å²) in [4.78, 5) is 39.5. The van der Waals surface area contributed by atoms with E-state index in [-0.39, 0.29) is 23.3 Å². The summed E-state index contributed by atoms with van der Waals surface area (Å²) in [6.07, 6.45) is 1.09. The normalized spacial score (nSPS) is 14.7. The third-order valence-corrected chi connectivity index (χ3v) is 7.09. The van der Waals surface area contributed by atoms with Crippen molar-refractivity contribution in [2.75, 3.05) is 12.9 Å². The minimum atomic E-state index is -3.66. The number of fused-ring (bicyclic) bond motifs is 2. The number of aromatic nitrogens is 1. The Morgan fingerprint density at radius 3 is 2.16 bits per heavy atom. The van der Waals surface area contributed by atoms with E-state index in [0.717, 1.165) is 8.87 Å². The molecule has 31 heavy (non-hydrogen) atoms. The zero-order chi connectivity index (χ0) is 22.3. The fraction of sp³-hybridized carbons (Fsp3) is 0.227. The average Bonchev–Trinajstić information content (AvgIpc) is 3.29. The Kier molecular flexibility index (Phi) is 5.14. The van der Waals surface area contributed by atoms with Crippen LogP contribution >= 0.6 is 0 Å². The molecule has 0 fully saturated rings. The Hall–Kier alpha value is -3.46. The Balaban J connectivity index is 1.94. The number of hydrogen-bond donors (Lipinski definition) is 0. The van der Waals surface area contributed by atoms with Crippen LogP contribution in [-0.4, -0.2) is 47.9 Å². The summed E-state index contributed by atoms with van der Waals surface area (Å²) in [7, 11) is -2.45. The standard InChI is InChI=1S/C22H20N2O6S/c1-3-31(28,29)23-13-17(14-8-6-7-11-18(14)23)19(12-20(25)30-2)24-21(26)15-9-4-5-10-16(15)22(24)27/h4-11,13,19H,3,12H2,1-2H3. The number of carbonyl (C=O) groups is 3. The second kappa shape index (κ2) is 7.66. The smallest absolute Gasteiger partial charge is 0.307 e. The van der Waals surface area contributed by atoms with Crippen LogP contribution in [-0.2, 0) is 19.6 Å². The van der Waals surface area contributed by atoms with Crippen LogP contribution in [0.1, 0.15) is 45.7 Å². The summed E-state index contributed by atoms with van der Waals surface area (Å²) in [5.74, 6) is -1.84. The number of methoxy groups -OCH3 is 1. The van der Waals surface area contributed by atoms with Gasteiger partial charge in [0, 0.05) is 17.1 Å². The lowest BCUT2D eigenvalue weighted by Crippen LogP contribution is -2.35. The van der Waals surface area contributed by atoms with Crippen LogP contribution in [0.15, 0.2) is 54.7 Å². The molecule has 1 aromatic heterocycles. The number of ether oxygens (including phenoxy) is 1. The van der Waals surface area contributed by atoms with Crippen LogP contribution in [0.25, 0.3) is 10.9 Å². The van der Waals surface area contributed by atoms with Crippen molar-refractivity contribution >= 4 is 38.7 Å². The van der Waals surface area contributed by atoms with Gasteiger partial charge in [0.15, 0.2) is 0 Å². The zero-order valence-electron chi connectivity index (χ0n) is 16.9. The topological polar surface area (TPSA) is 103 Å². The fourth-order valence-corrected chi connectivity index (χ4v) is 4.89. The number of imide groups is 1. The molecule has 0 bridgehead atoms. The number of para-hydroxylation sites is 1. The van der Waals surface area contributed by atoms with Crippen LogP contribution in [0.2, 0.25) is 0 Å². The third-order valence-electron chi connectivity index (χ3n) is 5.46. The van der Waals surface area contributed by atoms with Gasteiger partial charge in [-0.25, -0.2) is 12.4 Å². The van der Waals surface area contributed by atoms with Gasteiger partial charge in [0.05, 0.1) is 42.0 Å². The van der Waals surface area contributed by atoms with Crippen molar-refractivity contribution < 1.29 is 27.5 Å². The lowest BCUT2D eigenvalue weighted by atomic mass is 10.0. The molecule has 2 aromatic carbocycles. The van der Waals surface area contributed by atoms with Gasteiger partial charge in [-0.1, -0.05) is 30.3 Å². The molecule has 2 amide bonds. The monoisotopic (exact) mass is 440 g/mol. The summed E-state index contributed by atoms with van der Waals surface area (Å²) in [5, 5.41) is 0.532. The van der Waals surface area contributed by atoms with Gasteiger partial charge < -0.3 is 4.74 Å². The Bertz CT molecular complexity index is 1290. The maximum Gasteiger partial charge on any atom is 0.307 e. The lowest BCUT2D eigenvalue weighted by Gasteiger charge is -2.25. The molecule has 0 saturated carbocycles. The van der Waals surface area contributed by atoms with Crippen molar-refractivity contribution in [1.29, 1.82) is 0 Å². The molecule has 4 rings (SSSR count). The van der Waals surface area contributed by atoms with E-state index in [9.17, 15) is 22.8 Å². The second-order valence-corrected chi connectivity index (χ2v) is 9.25. The molecule has 0 spiro atoms. The number of rotatable bonds is 6. The first kappa shape index (κ1) is 20.8. The molecular formula is C22H20N2O6S. The molecule has 0 aliphatic carbocycles. The number of benzene rings is 2. The third kappa shape index (κ3) is 3.31. The van der Waals surface area contributed by atoms with E-state index in [1.807, 2.05) is 0 Å². The lowest BCUT2D eigenvalue weighted by molar-refractivity contribution is -0.141. The molecule has 2 heterocycles. The maximum atomic E-state index is 13.1. The average molecular weight is 440 g/mol. The minimum Gasteiger partial charge on any atom is -0.469 e. The van der Waals surface area contributed by atoms with Gasteiger partial charge in [-0.2, -0.15) is 0 Å². The van der Waals surface area contributed by atoms with Gasteiger partial charge in [-0.05, 0) is 25.1 Å². The van der Waals surface area contributed by atoms with Crippen LogP contribution < -0.4 is 0 Å². The van der Waals surface area contributed by atoms with Crippen LogP contribution in [0.5, 0.6) is 0 Å². The van der Waals surface area contributed by atoms with E-state index in [1.165, 1.54) is 20.2 Å². The van der Waals surface area contributed by atoms with E-state index < -0.39 is 33.8 Å². The maximum absolute atomic E-state index is 13.1. The van der Waals surface area contributed by atoms with Crippen molar-refractivity contribution in [2.24, 2.45) is 0 Å². The molecule has 1 aliphatic rings. The van der Waals surface area contributed by atoms with E-state index in [1.54, 1.807) is 48.5 Å². The summed E-state index contributed by atoms with van der Waals surface area (Å²) in [6.45, 7) is 1.53. The zero-order valence-corrected chi connectivity index (χ0v) is 17.8. The van der Waals surface area contributed by atoms with Crippen molar-refractivity contribution in [3.63, 3.8) is 0 Å². The Labute approximate surface area is 179 Å². The van der Waals surface area contributed by atoms with Gasteiger partial charge in [0.1, 0.15) is 0 Å². The first-order chi connectivity index (χ1) is 14.8. The highest BCUT2D eigenvalue weighted by Crippen LogP contribution is 2.38. The first-order valence-corrected chi connectivity index (χ1v) is 11.3. The number of carbonyl (C=O) groups excluding carboxylic acids is 3. The number of hydrogen-bond acceptors (Lipinski definition) is 6. The molecule has 1 atom stereocenters. The molecule has 1 aliphatic heterocycles. The quantitative estimate of drug-likeness (QED) is 0.431. The first-order valence-electron chi connectivity index (χ1n) is 9.67. The SMILES string of the molecule is CCS(=O)(=O)n1cc(C(CC(=O)OC)N2C(=O)c3ccccc3C2=O)c2ccccc21. The van der Waals surface area contributed by atoms with Crippen molar-refractivity contribution in [3.05, 3.63) is 71.4 Å². The summed E-state index contributed by atoms with van der Waals surface area (Å²) in [5.41, 5.74) is 1.28. The van der Waals surface area contributed by atoms with Gasteiger partial charge >= 0.3 is 5.97 Å². The second-order valence-electron chi connectivity index (χ2n) is 7.12. The number of nitrogens with zero attached hydrogens (tertiary/aromatic N) is 2. The van der Waals surface area contributed by atoms with Crippen LogP contribution in [0, 0.1) is 0 Å². The molecule has 160 valence electrons. The molecule has 3 aromatic rings.